The zero-order chi connectivity index (χ0) is 16.1. The van der Waals surface area contributed by atoms with Crippen molar-refractivity contribution in [2.75, 3.05) is 13.1 Å². The Kier molecular flexibility index (Phi) is 3.48. The van der Waals surface area contributed by atoms with Crippen LogP contribution in [-0.4, -0.2) is 45.8 Å². The number of ether oxygens (including phenoxy) is 1. The Morgan fingerprint density at radius 3 is 2.95 bits per heavy atom. The molecule has 2 N–H and O–H groups in total. The van der Waals surface area contributed by atoms with Gasteiger partial charge in [-0.05, 0) is 20.3 Å². The van der Waals surface area contributed by atoms with Crippen LogP contribution < -0.4 is 10.1 Å². The number of aliphatic hydroxyl groups excluding tert-OH is 1. The van der Waals surface area contributed by atoms with Crippen LogP contribution in [0.1, 0.15) is 31.2 Å². The fourth-order valence-electron chi connectivity index (χ4n) is 2.84. The zero-order valence-electron chi connectivity index (χ0n) is 12.2. The summed E-state index contributed by atoms with van der Waals surface area (Å²) in [7, 11) is 0. The maximum Gasteiger partial charge on any atom is 0.328 e. The van der Waals surface area contributed by atoms with Gasteiger partial charge in [0.2, 0.25) is 0 Å². The Morgan fingerprint density at radius 1 is 1.59 bits per heavy atom. The average Bonchev–Trinajstić information content (AvgIpc) is 2.84. The summed E-state index contributed by atoms with van der Waals surface area (Å²) >= 11 is 0.946. The van der Waals surface area contributed by atoms with E-state index in [1.54, 1.807) is 13.8 Å². The monoisotopic (exact) mass is 327 g/mol. The molecule has 120 valence electrons. The number of nitro groups is 1. The SMILES string of the molecule is CC1(C)Oc2cc([N+](=O)[O-])sc2[C@@H](N2CCCNC2=O)[C@@H]1O. The maximum absolute atomic E-state index is 12.1. The highest BCUT2D eigenvalue weighted by Gasteiger charge is 2.49. The second-order valence-electron chi connectivity index (χ2n) is 5.94. The van der Waals surface area contributed by atoms with E-state index in [2.05, 4.69) is 5.32 Å². The molecule has 0 bridgehead atoms. The van der Waals surface area contributed by atoms with E-state index in [4.69, 9.17) is 4.74 Å². The van der Waals surface area contributed by atoms with Crippen molar-refractivity contribution in [2.24, 2.45) is 0 Å². The number of carbonyl (C=O) groups is 1. The summed E-state index contributed by atoms with van der Waals surface area (Å²) in [5, 5.41) is 24.4. The molecule has 2 atom stereocenters. The number of aliphatic hydroxyl groups is 1. The van der Waals surface area contributed by atoms with Gasteiger partial charge in [-0.15, -0.1) is 0 Å². The van der Waals surface area contributed by atoms with Gasteiger partial charge in [-0.3, -0.25) is 10.1 Å². The van der Waals surface area contributed by atoms with Gasteiger partial charge < -0.3 is 20.1 Å². The molecule has 3 rings (SSSR count). The van der Waals surface area contributed by atoms with Gasteiger partial charge in [0, 0.05) is 13.1 Å². The molecule has 0 aliphatic carbocycles. The summed E-state index contributed by atoms with van der Waals surface area (Å²) in [6, 6.07) is 0.454. The van der Waals surface area contributed by atoms with Gasteiger partial charge >= 0.3 is 11.0 Å². The lowest BCUT2D eigenvalue weighted by Crippen LogP contribution is -2.57. The molecule has 1 aromatic rings. The number of rotatable bonds is 2. The summed E-state index contributed by atoms with van der Waals surface area (Å²) in [6.45, 7) is 4.50. The first-order valence-corrected chi connectivity index (χ1v) is 7.82. The molecule has 2 aliphatic rings. The molecule has 1 fully saturated rings. The van der Waals surface area contributed by atoms with Gasteiger partial charge in [-0.2, -0.15) is 0 Å². The number of carbonyl (C=O) groups excluding carboxylic acids is 1. The van der Waals surface area contributed by atoms with Crippen LogP contribution in [0.15, 0.2) is 6.07 Å². The van der Waals surface area contributed by atoms with Gasteiger partial charge in [0.25, 0.3) is 0 Å². The highest BCUT2D eigenvalue weighted by molar-refractivity contribution is 7.15. The van der Waals surface area contributed by atoms with Crippen LogP contribution in [0.3, 0.4) is 0 Å². The fourth-order valence-corrected chi connectivity index (χ4v) is 3.89. The van der Waals surface area contributed by atoms with E-state index in [9.17, 15) is 20.0 Å². The fraction of sp³-hybridized carbons (Fsp3) is 0.615. The molecule has 1 aromatic heterocycles. The van der Waals surface area contributed by atoms with E-state index in [1.165, 1.54) is 11.0 Å². The van der Waals surface area contributed by atoms with E-state index in [-0.39, 0.29) is 11.0 Å². The van der Waals surface area contributed by atoms with Crippen molar-refractivity contribution in [3.8, 4) is 5.75 Å². The predicted molar refractivity (Wildman–Crippen MR) is 79.1 cm³/mol. The first-order valence-electron chi connectivity index (χ1n) is 7.01. The van der Waals surface area contributed by atoms with Gasteiger partial charge in [-0.25, -0.2) is 4.79 Å². The molecule has 1 saturated heterocycles. The third-order valence-electron chi connectivity index (χ3n) is 3.99. The second kappa shape index (κ2) is 5.10. The van der Waals surface area contributed by atoms with Crippen LogP contribution >= 0.6 is 11.3 Å². The minimum atomic E-state index is -0.970. The number of fused-ring (bicyclic) bond motifs is 1. The minimum Gasteiger partial charge on any atom is -0.484 e. The standard InChI is InChI=1S/C13H17N3O5S/c1-13(2)11(17)9(15-5-3-4-14-12(15)18)10-7(21-13)6-8(22-10)16(19)20/h6,9,11,17H,3-5H2,1-2H3,(H,14,18)/t9-,11+/m1/s1. The number of hydrogen-bond donors (Lipinski definition) is 2. The van der Waals surface area contributed by atoms with Crippen molar-refractivity contribution < 1.29 is 19.6 Å². The normalized spacial score (nSPS) is 26.9. The summed E-state index contributed by atoms with van der Waals surface area (Å²) < 4.78 is 5.72. The van der Waals surface area contributed by atoms with Crippen molar-refractivity contribution in [1.82, 2.24) is 10.2 Å². The van der Waals surface area contributed by atoms with Crippen molar-refractivity contribution >= 4 is 22.4 Å². The predicted octanol–water partition coefficient (Wildman–Crippen LogP) is 1.64. The summed E-state index contributed by atoms with van der Waals surface area (Å²) in [6.07, 6.45) is -0.207. The lowest BCUT2D eigenvalue weighted by molar-refractivity contribution is -0.380. The molecule has 0 unspecified atom stereocenters. The Labute approximate surface area is 130 Å². The number of urea groups is 1. The lowest BCUT2D eigenvalue weighted by atomic mass is 9.89. The Hall–Kier alpha value is -1.87. The van der Waals surface area contributed by atoms with Crippen molar-refractivity contribution in [3.63, 3.8) is 0 Å². The second-order valence-corrected chi connectivity index (χ2v) is 7.01. The number of thiophene rings is 1. The number of nitrogens with one attached hydrogen (secondary N) is 1. The number of nitrogens with zero attached hydrogens (tertiary/aromatic N) is 2. The Morgan fingerprint density at radius 2 is 2.32 bits per heavy atom. The maximum atomic E-state index is 12.1. The van der Waals surface area contributed by atoms with E-state index in [0.29, 0.717) is 23.7 Å². The molecular weight excluding hydrogens is 310 g/mol. The van der Waals surface area contributed by atoms with E-state index < -0.39 is 22.7 Å². The van der Waals surface area contributed by atoms with E-state index in [1.807, 2.05) is 0 Å². The molecular formula is C13H17N3O5S. The zero-order valence-corrected chi connectivity index (χ0v) is 13.1. The minimum absolute atomic E-state index is 0.0580. The molecule has 0 aromatic carbocycles. The molecule has 9 heteroatoms. The number of amides is 2. The van der Waals surface area contributed by atoms with Gasteiger partial charge in [-0.1, -0.05) is 11.3 Å². The van der Waals surface area contributed by atoms with Crippen LogP contribution in [-0.2, 0) is 0 Å². The molecule has 0 spiro atoms. The summed E-state index contributed by atoms with van der Waals surface area (Å²) in [5.74, 6) is 0.371. The molecule has 8 nitrogen and oxygen atoms in total. The molecule has 3 heterocycles. The molecule has 2 aliphatic heterocycles. The van der Waals surface area contributed by atoms with Crippen molar-refractivity contribution in [2.45, 2.75) is 38.0 Å². The topological polar surface area (TPSA) is 105 Å². The highest BCUT2D eigenvalue weighted by atomic mass is 32.1. The Bertz CT molecular complexity index is 629. The van der Waals surface area contributed by atoms with Gasteiger partial charge in [0.05, 0.1) is 15.9 Å². The molecule has 2 amide bonds. The third-order valence-corrected chi connectivity index (χ3v) is 5.13. The van der Waals surface area contributed by atoms with Crippen molar-refractivity contribution in [1.29, 1.82) is 0 Å². The van der Waals surface area contributed by atoms with E-state index in [0.717, 1.165) is 17.8 Å². The van der Waals surface area contributed by atoms with Crippen LogP contribution in [0, 0.1) is 10.1 Å². The highest BCUT2D eigenvalue weighted by Crippen LogP contribution is 2.49. The van der Waals surface area contributed by atoms with Crippen LogP contribution in [0.4, 0.5) is 9.80 Å². The van der Waals surface area contributed by atoms with Crippen LogP contribution in [0.25, 0.3) is 0 Å². The molecule has 0 radical (unpaired) electrons. The van der Waals surface area contributed by atoms with Crippen LogP contribution in [0.5, 0.6) is 5.75 Å². The summed E-state index contributed by atoms with van der Waals surface area (Å²) in [5.41, 5.74) is -0.940. The molecule has 22 heavy (non-hydrogen) atoms. The Balaban J connectivity index is 2.07. The largest absolute Gasteiger partial charge is 0.484 e. The quantitative estimate of drug-likeness (QED) is 0.635. The van der Waals surface area contributed by atoms with E-state index >= 15 is 0 Å². The average molecular weight is 327 g/mol. The smallest absolute Gasteiger partial charge is 0.328 e. The first kappa shape index (κ1) is 15.0. The summed E-state index contributed by atoms with van der Waals surface area (Å²) in [4.78, 5) is 24.7. The van der Waals surface area contributed by atoms with Gasteiger partial charge in [0.1, 0.15) is 23.5 Å². The first-order chi connectivity index (χ1) is 10.3. The number of hydrogen-bond acceptors (Lipinski definition) is 6. The van der Waals surface area contributed by atoms with Gasteiger partial charge in [0.15, 0.2) is 0 Å². The lowest BCUT2D eigenvalue weighted by Gasteiger charge is -2.45. The third kappa shape index (κ3) is 2.30. The molecule has 0 saturated carbocycles. The van der Waals surface area contributed by atoms with Crippen LogP contribution in [0.2, 0.25) is 0 Å². The van der Waals surface area contributed by atoms with Crippen molar-refractivity contribution in [3.05, 3.63) is 21.1 Å².